The van der Waals surface area contributed by atoms with Crippen LogP contribution in [0.4, 0.5) is 0 Å². The molecular formula is C14H21NO3S2. The van der Waals surface area contributed by atoms with Gasteiger partial charge in [0.05, 0.1) is 6.61 Å². The lowest BCUT2D eigenvalue weighted by atomic mass is 10.3. The average molecular weight is 315 g/mol. The van der Waals surface area contributed by atoms with Crippen LogP contribution in [0.25, 0.3) is 0 Å². The van der Waals surface area contributed by atoms with Gasteiger partial charge in [0.25, 0.3) is 0 Å². The van der Waals surface area contributed by atoms with Crippen LogP contribution in [0.3, 0.4) is 0 Å². The first-order valence-corrected chi connectivity index (χ1v) is 9.15. The minimum Gasteiger partial charge on any atom is -0.463 e. The predicted octanol–water partition coefficient (Wildman–Crippen LogP) is 2.53. The molecule has 1 amide bonds. The molecule has 112 valence electrons. The van der Waals surface area contributed by atoms with Gasteiger partial charge < -0.3 is 14.4 Å². The second-order valence-corrected chi connectivity index (χ2v) is 6.97. The summed E-state index contributed by atoms with van der Waals surface area (Å²) in [6, 6.07) is 3.98. The topological polar surface area (TPSA) is 53.7 Å². The van der Waals surface area contributed by atoms with Gasteiger partial charge in [0, 0.05) is 36.6 Å². The molecule has 4 nitrogen and oxygen atoms in total. The van der Waals surface area contributed by atoms with E-state index in [0.29, 0.717) is 13.0 Å². The highest BCUT2D eigenvalue weighted by Crippen LogP contribution is 2.38. The molecule has 6 heteroatoms. The van der Waals surface area contributed by atoms with E-state index in [1.165, 1.54) is 0 Å². The van der Waals surface area contributed by atoms with Crippen molar-refractivity contribution in [1.29, 1.82) is 0 Å². The molecule has 0 aliphatic carbocycles. The van der Waals surface area contributed by atoms with Crippen LogP contribution in [-0.4, -0.2) is 46.3 Å². The largest absolute Gasteiger partial charge is 0.463 e. The quantitative estimate of drug-likeness (QED) is 0.784. The second-order valence-electron chi connectivity index (χ2n) is 4.55. The summed E-state index contributed by atoms with van der Waals surface area (Å²) in [6.45, 7) is 2.96. The third-order valence-corrected chi connectivity index (χ3v) is 5.37. The number of thioether (sulfide) groups is 2. The molecule has 0 radical (unpaired) electrons. The summed E-state index contributed by atoms with van der Waals surface area (Å²) in [5, 5.41) is 8.80. The molecule has 1 unspecified atom stereocenters. The molecule has 0 aromatic carbocycles. The average Bonchev–Trinajstić information content (AvgIpc) is 2.93. The van der Waals surface area contributed by atoms with E-state index in [1.807, 2.05) is 17.0 Å². The summed E-state index contributed by atoms with van der Waals surface area (Å²) in [5.74, 6) is 4.48. The Hall–Kier alpha value is -0.590. The van der Waals surface area contributed by atoms with Crippen molar-refractivity contribution >= 4 is 29.4 Å². The van der Waals surface area contributed by atoms with Crippen molar-refractivity contribution in [3.63, 3.8) is 0 Å². The van der Waals surface area contributed by atoms with Crippen LogP contribution in [0.15, 0.2) is 16.5 Å². The van der Waals surface area contributed by atoms with Crippen molar-refractivity contribution < 1.29 is 14.3 Å². The summed E-state index contributed by atoms with van der Waals surface area (Å²) in [7, 11) is 0. The van der Waals surface area contributed by atoms with E-state index in [-0.39, 0.29) is 17.9 Å². The van der Waals surface area contributed by atoms with Gasteiger partial charge in [-0.05, 0) is 12.1 Å². The highest BCUT2D eigenvalue weighted by molar-refractivity contribution is 7.99. The SMILES string of the molecule is CCc1ccc(C2SCCC(=O)N2CCSCCO)o1. The first kappa shape index (κ1) is 15.8. The van der Waals surface area contributed by atoms with E-state index >= 15 is 0 Å². The Bertz CT molecular complexity index is 436. The molecule has 0 spiro atoms. The van der Waals surface area contributed by atoms with E-state index in [1.54, 1.807) is 23.5 Å². The molecule has 1 atom stereocenters. The van der Waals surface area contributed by atoms with Gasteiger partial charge in [-0.25, -0.2) is 0 Å². The molecule has 1 fully saturated rings. The van der Waals surface area contributed by atoms with Crippen molar-refractivity contribution in [3.8, 4) is 0 Å². The van der Waals surface area contributed by atoms with Crippen molar-refractivity contribution in [1.82, 2.24) is 4.90 Å². The van der Waals surface area contributed by atoms with Crippen molar-refractivity contribution in [2.75, 3.05) is 30.4 Å². The molecule has 1 aliphatic heterocycles. The van der Waals surface area contributed by atoms with E-state index < -0.39 is 0 Å². The van der Waals surface area contributed by atoms with Gasteiger partial charge in [-0.3, -0.25) is 4.79 Å². The van der Waals surface area contributed by atoms with Crippen LogP contribution in [0.5, 0.6) is 0 Å². The zero-order valence-corrected chi connectivity index (χ0v) is 13.3. The molecule has 20 heavy (non-hydrogen) atoms. The maximum Gasteiger partial charge on any atom is 0.224 e. The maximum absolute atomic E-state index is 12.1. The van der Waals surface area contributed by atoms with Crippen molar-refractivity contribution in [2.24, 2.45) is 0 Å². The standard InChI is InChI=1S/C14H21NO3S2/c1-2-11-3-4-12(18-11)14-15(6-9-19-10-7-16)13(17)5-8-20-14/h3-4,14,16H,2,5-10H2,1H3. The number of amides is 1. The minimum atomic E-state index is 0.00581. The lowest BCUT2D eigenvalue weighted by Gasteiger charge is -2.33. The fourth-order valence-corrected chi connectivity index (χ4v) is 4.02. The van der Waals surface area contributed by atoms with Crippen molar-refractivity contribution in [2.45, 2.75) is 25.1 Å². The monoisotopic (exact) mass is 315 g/mol. The number of nitrogens with zero attached hydrogens (tertiary/aromatic N) is 1. The normalized spacial score (nSPS) is 19.6. The Labute approximate surface area is 128 Å². The van der Waals surface area contributed by atoms with Gasteiger partial charge in [-0.1, -0.05) is 6.92 Å². The molecule has 0 bridgehead atoms. The van der Waals surface area contributed by atoms with Gasteiger partial charge >= 0.3 is 0 Å². The Balaban J connectivity index is 2.01. The van der Waals surface area contributed by atoms with Crippen LogP contribution in [0.1, 0.15) is 30.2 Å². The number of aliphatic hydroxyl groups is 1. The second kappa shape index (κ2) is 8.00. The lowest BCUT2D eigenvalue weighted by molar-refractivity contribution is -0.132. The summed E-state index contributed by atoms with van der Waals surface area (Å²) in [6.07, 6.45) is 1.48. The highest BCUT2D eigenvalue weighted by atomic mass is 32.2. The number of rotatable bonds is 7. The van der Waals surface area contributed by atoms with Gasteiger partial charge in [0.15, 0.2) is 0 Å². The van der Waals surface area contributed by atoms with Crippen molar-refractivity contribution in [3.05, 3.63) is 23.7 Å². The number of hydrogen-bond acceptors (Lipinski definition) is 5. The molecule has 1 aromatic heterocycles. The van der Waals surface area contributed by atoms with Crippen LogP contribution in [0.2, 0.25) is 0 Å². The predicted molar refractivity (Wildman–Crippen MR) is 84.0 cm³/mol. The number of hydrogen-bond donors (Lipinski definition) is 1. The first-order valence-electron chi connectivity index (χ1n) is 6.94. The Morgan fingerprint density at radius 1 is 1.50 bits per heavy atom. The highest BCUT2D eigenvalue weighted by Gasteiger charge is 2.31. The number of furan rings is 1. The molecule has 1 N–H and O–H groups in total. The van der Waals surface area contributed by atoms with E-state index in [4.69, 9.17) is 9.52 Å². The third-order valence-electron chi connectivity index (χ3n) is 3.18. The fourth-order valence-electron chi connectivity index (χ4n) is 2.15. The molecule has 1 aliphatic rings. The van der Waals surface area contributed by atoms with Gasteiger partial charge in [-0.15, -0.1) is 11.8 Å². The van der Waals surface area contributed by atoms with E-state index in [2.05, 4.69) is 6.92 Å². The summed E-state index contributed by atoms with van der Waals surface area (Å²) >= 11 is 3.44. The van der Waals surface area contributed by atoms with Crippen LogP contribution < -0.4 is 0 Å². The first-order chi connectivity index (χ1) is 9.76. The van der Waals surface area contributed by atoms with Gasteiger partial charge in [-0.2, -0.15) is 11.8 Å². The molecular weight excluding hydrogens is 294 g/mol. The van der Waals surface area contributed by atoms with E-state index in [9.17, 15) is 4.79 Å². The zero-order chi connectivity index (χ0) is 14.4. The number of aliphatic hydroxyl groups excluding tert-OH is 1. The Morgan fingerprint density at radius 2 is 2.35 bits per heavy atom. The molecule has 2 heterocycles. The van der Waals surface area contributed by atoms with Crippen LogP contribution in [0, 0.1) is 0 Å². The van der Waals surface area contributed by atoms with Crippen LogP contribution in [-0.2, 0) is 11.2 Å². The molecule has 2 rings (SSSR count). The third kappa shape index (κ3) is 3.96. The maximum atomic E-state index is 12.1. The number of aryl methyl sites for hydroxylation is 1. The number of carbonyl (C=O) groups excluding carboxylic acids is 1. The molecule has 1 saturated heterocycles. The Morgan fingerprint density at radius 3 is 3.05 bits per heavy atom. The smallest absolute Gasteiger partial charge is 0.224 e. The van der Waals surface area contributed by atoms with E-state index in [0.717, 1.165) is 35.2 Å². The van der Waals surface area contributed by atoms with Crippen LogP contribution >= 0.6 is 23.5 Å². The van der Waals surface area contributed by atoms with Gasteiger partial charge in [0.2, 0.25) is 5.91 Å². The number of carbonyl (C=O) groups is 1. The minimum absolute atomic E-state index is 0.00581. The summed E-state index contributed by atoms with van der Waals surface area (Å²) in [5.41, 5.74) is 0. The van der Waals surface area contributed by atoms with Gasteiger partial charge in [0.1, 0.15) is 16.9 Å². The Kier molecular flexibility index (Phi) is 6.32. The molecule has 0 saturated carbocycles. The lowest BCUT2D eigenvalue weighted by Crippen LogP contribution is -2.38. The summed E-state index contributed by atoms with van der Waals surface area (Å²) in [4.78, 5) is 14.0. The zero-order valence-electron chi connectivity index (χ0n) is 11.7. The fraction of sp³-hybridized carbons (Fsp3) is 0.643. The summed E-state index contributed by atoms with van der Waals surface area (Å²) < 4.78 is 5.82. The molecule has 1 aromatic rings.